The molecule has 0 aliphatic carbocycles. The van der Waals surface area contributed by atoms with Gasteiger partial charge in [-0.15, -0.1) is 5.10 Å². The van der Waals surface area contributed by atoms with E-state index in [1.807, 2.05) is 13.0 Å². The van der Waals surface area contributed by atoms with Crippen LogP contribution in [-0.2, 0) is 16.6 Å². The number of benzene rings is 1. The van der Waals surface area contributed by atoms with Gasteiger partial charge in [0.1, 0.15) is 22.9 Å². The van der Waals surface area contributed by atoms with E-state index in [1.165, 1.54) is 18.2 Å². The third-order valence-corrected chi connectivity index (χ3v) is 4.88. The quantitative estimate of drug-likeness (QED) is 0.782. The predicted molar refractivity (Wildman–Crippen MR) is 90.5 cm³/mol. The van der Waals surface area contributed by atoms with Crippen molar-refractivity contribution in [1.82, 2.24) is 10.2 Å². The lowest BCUT2D eigenvalue weighted by molar-refractivity contribution is -0.118. The fourth-order valence-electron chi connectivity index (χ4n) is 3.73. The minimum atomic E-state index is -1.57. The maximum atomic E-state index is 14.0. The van der Waals surface area contributed by atoms with E-state index in [2.05, 4.69) is 15.5 Å². The van der Waals surface area contributed by atoms with Crippen molar-refractivity contribution in [2.24, 2.45) is 5.73 Å². The zero-order valence-corrected chi connectivity index (χ0v) is 14.0. The van der Waals surface area contributed by atoms with Crippen LogP contribution in [0.5, 0.6) is 5.88 Å². The molecule has 0 unspecified atom stereocenters. The standard InChI is InChI=1S/C18H16FN5O2/c1-2-3-4-13-14-16(24-23-13)26-15(21)11(8-20)18(14)10-7-9(19)5-6-12(10)22-17(18)25/h5-7H,2-4,21H2,1H3,(H,22,25)(H,23,24)/t18-/m0/s1. The SMILES string of the molecule is CCCCc1[nH]nc2c1[C@@]1(C(=O)Nc3ccc(F)cc31)C(C#N)=C(N)O2. The lowest BCUT2D eigenvalue weighted by Gasteiger charge is -2.31. The normalized spacial score (nSPS) is 20.4. The molecule has 2 aromatic rings. The van der Waals surface area contributed by atoms with Crippen LogP contribution in [0, 0.1) is 17.1 Å². The number of halogens is 1. The molecule has 2 aliphatic rings. The Morgan fingerprint density at radius 1 is 1.46 bits per heavy atom. The van der Waals surface area contributed by atoms with E-state index in [-0.39, 0.29) is 17.3 Å². The first-order valence-electron chi connectivity index (χ1n) is 8.31. The summed E-state index contributed by atoms with van der Waals surface area (Å²) in [6, 6.07) is 5.98. The summed E-state index contributed by atoms with van der Waals surface area (Å²) >= 11 is 0. The molecule has 4 rings (SSSR count). The number of aryl methyl sites for hydroxylation is 1. The second kappa shape index (κ2) is 5.59. The van der Waals surface area contributed by atoms with Gasteiger partial charge in [-0.3, -0.25) is 9.89 Å². The Bertz CT molecular complexity index is 1000. The summed E-state index contributed by atoms with van der Waals surface area (Å²) in [6.45, 7) is 2.04. The van der Waals surface area contributed by atoms with Crippen molar-refractivity contribution in [2.75, 3.05) is 5.32 Å². The number of carbonyl (C=O) groups is 1. The van der Waals surface area contributed by atoms with Crippen molar-refractivity contribution in [3.63, 3.8) is 0 Å². The van der Waals surface area contributed by atoms with Crippen molar-refractivity contribution < 1.29 is 13.9 Å². The first-order chi connectivity index (χ1) is 12.5. The summed E-state index contributed by atoms with van der Waals surface area (Å²) in [4.78, 5) is 13.1. The monoisotopic (exact) mass is 353 g/mol. The van der Waals surface area contributed by atoms with Crippen LogP contribution < -0.4 is 15.8 Å². The molecule has 0 radical (unpaired) electrons. The maximum absolute atomic E-state index is 14.0. The molecule has 132 valence electrons. The Hall–Kier alpha value is -3.34. The Balaban J connectivity index is 2.07. The molecular formula is C18H16FN5O2. The van der Waals surface area contributed by atoms with Gasteiger partial charge in [0.05, 0.1) is 5.56 Å². The number of unbranched alkanes of at least 4 members (excludes halogenated alkanes) is 1. The van der Waals surface area contributed by atoms with E-state index in [9.17, 15) is 14.4 Å². The number of amides is 1. The number of aromatic nitrogens is 2. The van der Waals surface area contributed by atoms with Gasteiger partial charge in [-0.1, -0.05) is 13.3 Å². The Morgan fingerprint density at radius 2 is 2.27 bits per heavy atom. The van der Waals surface area contributed by atoms with Gasteiger partial charge in [-0.05, 0) is 31.0 Å². The van der Waals surface area contributed by atoms with Crippen molar-refractivity contribution in [3.05, 3.63) is 52.3 Å². The molecule has 8 heteroatoms. The van der Waals surface area contributed by atoms with Gasteiger partial charge in [0.15, 0.2) is 0 Å². The van der Waals surface area contributed by atoms with Gasteiger partial charge in [-0.2, -0.15) is 5.26 Å². The van der Waals surface area contributed by atoms with E-state index in [0.29, 0.717) is 28.9 Å². The van der Waals surface area contributed by atoms with Crippen LogP contribution in [0.4, 0.5) is 10.1 Å². The first kappa shape index (κ1) is 16.1. The molecule has 7 nitrogen and oxygen atoms in total. The number of nitrogens with zero attached hydrogens (tertiary/aromatic N) is 2. The van der Waals surface area contributed by atoms with Gasteiger partial charge >= 0.3 is 0 Å². The predicted octanol–water partition coefficient (Wildman–Crippen LogP) is 2.22. The highest BCUT2D eigenvalue weighted by Crippen LogP contribution is 2.53. The molecule has 4 N–H and O–H groups in total. The second-order valence-electron chi connectivity index (χ2n) is 6.33. The molecule has 26 heavy (non-hydrogen) atoms. The zero-order chi connectivity index (χ0) is 18.5. The third kappa shape index (κ3) is 1.91. The number of hydrogen-bond donors (Lipinski definition) is 3. The average molecular weight is 353 g/mol. The molecule has 1 aromatic carbocycles. The highest BCUT2D eigenvalue weighted by molar-refractivity contribution is 6.12. The number of nitriles is 1. The molecule has 0 fully saturated rings. The lowest BCUT2D eigenvalue weighted by atomic mass is 9.68. The summed E-state index contributed by atoms with van der Waals surface area (Å²) in [6.07, 6.45) is 2.39. The second-order valence-corrected chi connectivity index (χ2v) is 6.33. The van der Waals surface area contributed by atoms with Crippen molar-refractivity contribution >= 4 is 11.6 Å². The van der Waals surface area contributed by atoms with Crippen LogP contribution in [0.25, 0.3) is 0 Å². The summed E-state index contributed by atoms with van der Waals surface area (Å²) in [5.41, 5.74) is 6.18. The van der Waals surface area contributed by atoms with Gasteiger partial charge < -0.3 is 15.8 Å². The van der Waals surface area contributed by atoms with E-state index in [1.54, 1.807) is 0 Å². The fourth-order valence-corrected chi connectivity index (χ4v) is 3.73. The molecule has 1 spiro atoms. The van der Waals surface area contributed by atoms with E-state index >= 15 is 0 Å². The number of rotatable bonds is 3. The molecule has 1 aromatic heterocycles. The molecular weight excluding hydrogens is 337 g/mol. The minimum absolute atomic E-state index is 0.0639. The summed E-state index contributed by atoms with van der Waals surface area (Å²) in [5, 5.41) is 19.5. The van der Waals surface area contributed by atoms with Crippen LogP contribution in [0.2, 0.25) is 0 Å². The van der Waals surface area contributed by atoms with Crippen LogP contribution >= 0.6 is 0 Å². The number of nitrogens with two attached hydrogens (primary N) is 1. The number of nitrogens with one attached hydrogen (secondary N) is 2. The molecule has 0 saturated carbocycles. The van der Waals surface area contributed by atoms with Crippen molar-refractivity contribution in [1.29, 1.82) is 5.26 Å². The molecule has 0 bridgehead atoms. The van der Waals surface area contributed by atoms with Gasteiger partial charge in [0, 0.05) is 16.9 Å². The average Bonchev–Trinajstić information content (AvgIpc) is 3.13. The Morgan fingerprint density at radius 3 is 3.00 bits per heavy atom. The summed E-state index contributed by atoms with van der Waals surface area (Å²) in [5.74, 6) is -1.05. The number of ether oxygens (including phenoxy) is 1. The van der Waals surface area contributed by atoms with Crippen LogP contribution in [0.15, 0.2) is 29.7 Å². The number of aromatic amines is 1. The molecule has 1 amide bonds. The molecule has 0 saturated heterocycles. The van der Waals surface area contributed by atoms with Gasteiger partial charge in [-0.25, -0.2) is 4.39 Å². The molecule has 3 heterocycles. The zero-order valence-electron chi connectivity index (χ0n) is 14.0. The van der Waals surface area contributed by atoms with Crippen molar-refractivity contribution in [3.8, 4) is 11.9 Å². The number of fused-ring (bicyclic) bond motifs is 4. The highest BCUT2D eigenvalue weighted by Gasteiger charge is 2.58. The van der Waals surface area contributed by atoms with E-state index in [4.69, 9.17) is 10.5 Å². The van der Waals surface area contributed by atoms with Crippen LogP contribution in [-0.4, -0.2) is 16.1 Å². The largest absolute Gasteiger partial charge is 0.420 e. The van der Waals surface area contributed by atoms with Gasteiger partial charge in [0.2, 0.25) is 17.7 Å². The highest BCUT2D eigenvalue weighted by atomic mass is 19.1. The van der Waals surface area contributed by atoms with E-state index in [0.717, 1.165) is 12.8 Å². The number of H-pyrrole nitrogens is 1. The topological polar surface area (TPSA) is 117 Å². The summed E-state index contributed by atoms with van der Waals surface area (Å²) < 4.78 is 19.5. The van der Waals surface area contributed by atoms with E-state index < -0.39 is 17.1 Å². The smallest absolute Gasteiger partial charge is 0.245 e. The Kier molecular flexibility index (Phi) is 3.47. The lowest BCUT2D eigenvalue weighted by Crippen LogP contribution is -2.42. The Labute approximate surface area is 148 Å². The molecule has 2 aliphatic heterocycles. The first-order valence-corrected chi connectivity index (χ1v) is 8.31. The fraction of sp³-hybridized carbons (Fsp3) is 0.278. The molecule has 1 atom stereocenters. The summed E-state index contributed by atoms with van der Waals surface area (Å²) in [7, 11) is 0. The number of carbonyl (C=O) groups excluding carboxylic acids is 1. The van der Waals surface area contributed by atoms with Gasteiger partial charge in [0.25, 0.3) is 0 Å². The third-order valence-electron chi connectivity index (χ3n) is 4.88. The van der Waals surface area contributed by atoms with Crippen LogP contribution in [0.1, 0.15) is 36.6 Å². The number of hydrogen-bond acceptors (Lipinski definition) is 5. The minimum Gasteiger partial charge on any atom is -0.420 e. The maximum Gasteiger partial charge on any atom is 0.245 e. The van der Waals surface area contributed by atoms with Crippen molar-refractivity contribution in [2.45, 2.75) is 31.6 Å². The number of anilines is 1. The van der Waals surface area contributed by atoms with Crippen LogP contribution in [0.3, 0.4) is 0 Å².